The molecule has 1 aliphatic heterocycles. The van der Waals surface area contributed by atoms with Gasteiger partial charge >= 0.3 is 0 Å². The summed E-state index contributed by atoms with van der Waals surface area (Å²) in [6.45, 7) is 1.48. The fraction of sp³-hybridized carbons (Fsp3) is 0.350. The number of likely N-dealkylation sites (tertiary alicyclic amines) is 1. The number of benzene rings is 2. The number of carbonyl (C=O) groups excluding carboxylic acids is 1. The van der Waals surface area contributed by atoms with E-state index in [-0.39, 0.29) is 22.4 Å². The summed E-state index contributed by atoms with van der Waals surface area (Å²) in [6, 6.07) is 16.9. The highest BCUT2D eigenvalue weighted by Gasteiger charge is 2.53. The molecule has 2 aromatic carbocycles. The van der Waals surface area contributed by atoms with Crippen LogP contribution in [0.5, 0.6) is 0 Å². The van der Waals surface area contributed by atoms with Gasteiger partial charge in [0.25, 0.3) is 0 Å². The molecule has 2 aliphatic rings. The maximum absolute atomic E-state index is 13.4. The van der Waals surface area contributed by atoms with E-state index in [9.17, 15) is 9.18 Å². The van der Waals surface area contributed by atoms with Crippen molar-refractivity contribution in [2.24, 2.45) is 0 Å². The van der Waals surface area contributed by atoms with E-state index in [0.29, 0.717) is 6.54 Å². The zero-order valence-corrected chi connectivity index (χ0v) is 14.3. The Kier molecular flexibility index (Phi) is 4.09. The van der Waals surface area contributed by atoms with Gasteiger partial charge in [-0.05, 0) is 49.1 Å². The second kappa shape index (κ2) is 6.25. The van der Waals surface area contributed by atoms with Crippen molar-refractivity contribution >= 4 is 17.7 Å². The molecule has 2 fully saturated rings. The summed E-state index contributed by atoms with van der Waals surface area (Å²) in [4.78, 5) is 16.2. The molecule has 1 atom stereocenters. The van der Waals surface area contributed by atoms with Crippen molar-refractivity contribution in [3.8, 4) is 0 Å². The fourth-order valence-corrected chi connectivity index (χ4v) is 4.72. The van der Waals surface area contributed by atoms with Crippen LogP contribution in [-0.4, -0.2) is 28.6 Å². The van der Waals surface area contributed by atoms with Gasteiger partial charge in [-0.1, -0.05) is 30.3 Å². The minimum Gasteiger partial charge on any atom is -0.341 e. The second-order valence-electron chi connectivity index (χ2n) is 6.70. The molecule has 4 rings (SSSR count). The van der Waals surface area contributed by atoms with Gasteiger partial charge < -0.3 is 4.90 Å². The zero-order chi connectivity index (χ0) is 16.6. The monoisotopic (exact) mass is 341 g/mol. The summed E-state index contributed by atoms with van der Waals surface area (Å²) in [5, 5.41) is 0. The first-order valence-corrected chi connectivity index (χ1v) is 9.27. The maximum atomic E-state index is 13.4. The van der Waals surface area contributed by atoms with Crippen molar-refractivity contribution in [1.82, 2.24) is 4.90 Å². The Labute approximate surface area is 146 Å². The molecule has 1 heterocycles. The molecule has 1 saturated carbocycles. The first-order chi connectivity index (χ1) is 11.7. The Hall–Kier alpha value is -1.81. The predicted molar refractivity (Wildman–Crippen MR) is 94.6 cm³/mol. The standard InChI is InChI=1S/C20H20FNOS/c21-17-6-4-5-15(13-17)16-9-12-22(14-16)19(23)20(10-11-20)24-18-7-2-1-3-8-18/h1-8,13,16H,9-12,14H2. The van der Waals surface area contributed by atoms with Crippen LogP contribution in [0, 0.1) is 5.82 Å². The number of rotatable bonds is 4. The van der Waals surface area contributed by atoms with Gasteiger partial charge in [0.2, 0.25) is 5.91 Å². The van der Waals surface area contributed by atoms with Gasteiger partial charge in [-0.3, -0.25) is 4.79 Å². The van der Waals surface area contributed by atoms with Gasteiger partial charge in [-0.2, -0.15) is 0 Å². The van der Waals surface area contributed by atoms with E-state index in [0.717, 1.165) is 36.3 Å². The predicted octanol–water partition coefficient (Wildman–Crippen LogP) is 4.47. The van der Waals surface area contributed by atoms with E-state index in [4.69, 9.17) is 0 Å². The van der Waals surface area contributed by atoms with E-state index in [1.54, 1.807) is 23.9 Å². The molecule has 2 aromatic rings. The van der Waals surface area contributed by atoms with E-state index in [1.807, 2.05) is 29.2 Å². The van der Waals surface area contributed by atoms with Crippen LogP contribution in [0.4, 0.5) is 4.39 Å². The molecule has 0 bridgehead atoms. The highest BCUT2D eigenvalue weighted by Crippen LogP contribution is 2.53. The zero-order valence-electron chi connectivity index (χ0n) is 13.5. The highest BCUT2D eigenvalue weighted by molar-refractivity contribution is 8.01. The van der Waals surface area contributed by atoms with Crippen LogP contribution in [0.1, 0.15) is 30.7 Å². The molecule has 1 amide bonds. The summed E-state index contributed by atoms with van der Waals surface area (Å²) in [6.07, 6.45) is 2.82. The van der Waals surface area contributed by atoms with Crippen LogP contribution in [0.25, 0.3) is 0 Å². The number of carbonyl (C=O) groups is 1. The lowest BCUT2D eigenvalue weighted by atomic mass is 9.98. The molecule has 0 spiro atoms. The lowest BCUT2D eigenvalue weighted by molar-refractivity contribution is -0.130. The number of hydrogen-bond acceptors (Lipinski definition) is 2. The van der Waals surface area contributed by atoms with Crippen molar-refractivity contribution in [3.63, 3.8) is 0 Å². The quantitative estimate of drug-likeness (QED) is 0.818. The Morgan fingerprint density at radius 1 is 1.12 bits per heavy atom. The lowest BCUT2D eigenvalue weighted by Gasteiger charge is -2.23. The smallest absolute Gasteiger partial charge is 0.239 e. The first-order valence-electron chi connectivity index (χ1n) is 8.45. The molecular formula is C20H20FNOS. The van der Waals surface area contributed by atoms with E-state index >= 15 is 0 Å². The fourth-order valence-electron chi connectivity index (χ4n) is 3.45. The topological polar surface area (TPSA) is 20.3 Å². The van der Waals surface area contributed by atoms with Gasteiger partial charge in [-0.25, -0.2) is 4.39 Å². The van der Waals surface area contributed by atoms with Crippen molar-refractivity contribution in [1.29, 1.82) is 0 Å². The number of halogens is 1. The SMILES string of the molecule is O=C(N1CCC(c2cccc(F)c2)C1)C1(Sc2ccccc2)CC1. The third kappa shape index (κ3) is 3.07. The molecule has 2 nitrogen and oxygen atoms in total. The molecular weight excluding hydrogens is 321 g/mol. The van der Waals surface area contributed by atoms with Crippen LogP contribution >= 0.6 is 11.8 Å². The van der Waals surface area contributed by atoms with Crippen LogP contribution in [0.3, 0.4) is 0 Å². The van der Waals surface area contributed by atoms with Crippen molar-refractivity contribution in [2.45, 2.75) is 34.8 Å². The molecule has 1 unspecified atom stereocenters. The third-order valence-corrected chi connectivity index (χ3v) is 6.43. The summed E-state index contributed by atoms with van der Waals surface area (Å²) in [5.74, 6) is 0.313. The van der Waals surface area contributed by atoms with Crippen molar-refractivity contribution < 1.29 is 9.18 Å². The van der Waals surface area contributed by atoms with Crippen LogP contribution in [0.15, 0.2) is 59.5 Å². The molecule has 4 heteroatoms. The van der Waals surface area contributed by atoms with Gasteiger partial charge in [-0.15, -0.1) is 11.8 Å². The van der Waals surface area contributed by atoms with E-state index in [2.05, 4.69) is 12.1 Å². The Balaban J connectivity index is 1.44. The van der Waals surface area contributed by atoms with Gasteiger partial charge in [0.1, 0.15) is 5.82 Å². The second-order valence-corrected chi connectivity index (χ2v) is 8.16. The van der Waals surface area contributed by atoms with Crippen LogP contribution in [0.2, 0.25) is 0 Å². The van der Waals surface area contributed by atoms with Crippen LogP contribution in [-0.2, 0) is 4.79 Å². The number of nitrogens with zero attached hydrogens (tertiary/aromatic N) is 1. The van der Waals surface area contributed by atoms with Gasteiger partial charge in [0.15, 0.2) is 0 Å². The Morgan fingerprint density at radius 2 is 1.92 bits per heavy atom. The summed E-state index contributed by atoms with van der Waals surface area (Å²) in [7, 11) is 0. The molecule has 1 saturated heterocycles. The maximum Gasteiger partial charge on any atom is 0.239 e. The molecule has 0 N–H and O–H groups in total. The minimum absolute atomic E-state index is 0.199. The minimum atomic E-state index is -0.266. The molecule has 124 valence electrons. The highest BCUT2D eigenvalue weighted by atomic mass is 32.2. The molecule has 0 radical (unpaired) electrons. The van der Waals surface area contributed by atoms with Crippen LogP contribution < -0.4 is 0 Å². The Bertz CT molecular complexity index is 744. The average Bonchev–Trinajstić information content (AvgIpc) is 3.21. The van der Waals surface area contributed by atoms with E-state index < -0.39 is 0 Å². The van der Waals surface area contributed by atoms with Gasteiger partial charge in [0.05, 0.1) is 4.75 Å². The Morgan fingerprint density at radius 3 is 2.62 bits per heavy atom. The largest absolute Gasteiger partial charge is 0.341 e. The van der Waals surface area contributed by atoms with Crippen molar-refractivity contribution in [3.05, 3.63) is 66.0 Å². The summed E-state index contributed by atoms with van der Waals surface area (Å²) < 4.78 is 13.2. The molecule has 24 heavy (non-hydrogen) atoms. The number of amides is 1. The number of thioether (sulfide) groups is 1. The molecule has 0 aromatic heterocycles. The number of hydrogen-bond donors (Lipinski definition) is 0. The summed E-state index contributed by atoms with van der Waals surface area (Å²) in [5.41, 5.74) is 1.01. The van der Waals surface area contributed by atoms with Crippen molar-refractivity contribution in [2.75, 3.05) is 13.1 Å². The van der Waals surface area contributed by atoms with E-state index in [1.165, 1.54) is 6.07 Å². The van der Waals surface area contributed by atoms with Gasteiger partial charge in [0, 0.05) is 23.9 Å². The first kappa shape index (κ1) is 15.7. The molecule has 1 aliphatic carbocycles. The third-order valence-electron chi connectivity index (χ3n) is 4.95. The lowest BCUT2D eigenvalue weighted by Crippen LogP contribution is -2.37. The average molecular weight is 341 g/mol. The summed E-state index contributed by atoms with van der Waals surface area (Å²) >= 11 is 1.70. The normalized spacial score (nSPS) is 21.7.